The van der Waals surface area contributed by atoms with Crippen molar-refractivity contribution in [3.63, 3.8) is 0 Å². The van der Waals surface area contributed by atoms with E-state index in [9.17, 15) is 4.57 Å². The van der Waals surface area contributed by atoms with Gasteiger partial charge < -0.3 is 27.4 Å². The van der Waals surface area contributed by atoms with E-state index in [1.807, 2.05) is 20.8 Å². The second kappa shape index (κ2) is 10.5. The highest BCUT2D eigenvalue weighted by Crippen LogP contribution is 2.65. The molecular formula is C16H28O7P2. The number of hydrogen-bond acceptors (Lipinski definition) is 7. The van der Waals surface area contributed by atoms with Crippen molar-refractivity contribution in [2.75, 3.05) is 41.2 Å². The van der Waals surface area contributed by atoms with Crippen LogP contribution in [0.3, 0.4) is 0 Å². The summed E-state index contributed by atoms with van der Waals surface area (Å²) in [5, 5.41) is 0.262. The van der Waals surface area contributed by atoms with Gasteiger partial charge in [-0.15, -0.1) is 0 Å². The quantitative estimate of drug-likeness (QED) is 0.511. The first-order valence-corrected chi connectivity index (χ1v) is 11.1. The number of rotatable bonds is 11. The van der Waals surface area contributed by atoms with Crippen LogP contribution < -0.4 is 4.74 Å². The molecule has 0 heterocycles. The molecule has 0 spiro atoms. The van der Waals surface area contributed by atoms with Crippen molar-refractivity contribution >= 4 is 20.2 Å². The zero-order valence-corrected chi connectivity index (χ0v) is 17.5. The summed E-state index contributed by atoms with van der Waals surface area (Å²) in [6, 6.07) is 7.02. The number of ether oxygens (including phenoxy) is 1. The summed E-state index contributed by atoms with van der Waals surface area (Å²) in [5.74, 6) is 0.668. The lowest BCUT2D eigenvalue weighted by Crippen LogP contribution is -2.15. The maximum atomic E-state index is 13.4. The van der Waals surface area contributed by atoms with Gasteiger partial charge in [0.15, 0.2) is 0 Å². The van der Waals surface area contributed by atoms with Gasteiger partial charge in [-0.05, 0) is 38.5 Å². The monoisotopic (exact) mass is 394 g/mol. The van der Waals surface area contributed by atoms with Gasteiger partial charge in [-0.25, -0.2) is 0 Å². The normalized spacial score (nSPS) is 12.2. The highest BCUT2D eigenvalue weighted by molar-refractivity contribution is 7.89. The molecule has 7 nitrogen and oxygen atoms in total. The van der Waals surface area contributed by atoms with Crippen molar-refractivity contribution < 1.29 is 31.9 Å². The Hall–Kier alpha value is -0.650. The number of benzene rings is 1. The fraction of sp³-hybridized carbons (Fsp3) is 0.562. The van der Waals surface area contributed by atoms with E-state index in [2.05, 4.69) is 0 Å². The van der Waals surface area contributed by atoms with Crippen molar-refractivity contribution in [2.45, 2.75) is 20.8 Å². The molecule has 0 aromatic heterocycles. The Labute approximate surface area is 150 Å². The highest BCUT2D eigenvalue weighted by Gasteiger charge is 2.41. The van der Waals surface area contributed by atoms with Gasteiger partial charge in [0.25, 0.3) is 7.57 Å². The topological polar surface area (TPSA) is 72.5 Å². The molecule has 0 unspecified atom stereocenters. The Kier molecular flexibility index (Phi) is 9.39. The van der Waals surface area contributed by atoms with E-state index in [1.54, 1.807) is 31.4 Å². The van der Waals surface area contributed by atoms with Gasteiger partial charge in [0, 0.05) is 14.2 Å². The minimum atomic E-state index is -3.70. The van der Waals surface area contributed by atoms with Gasteiger partial charge in [0.1, 0.15) is 10.8 Å². The van der Waals surface area contributed by atoms with Gasteiger partial charge in [-0.2, -0.15) is 0 Å². The molecule has 0 atom stereocenters. The van der Waals surface area contributed by atoms with Gasteiger partial charge in [0.05, 0.1) is 26.9 Å². The van der Waals surface area contributed by atoms with Crippen LogP contribution in [-0.4, -0.2) is 46.2 Å². The first-order chi connectivity index (χ1) is 12.0. The molecule has 0 fully saturated rings. The highest BCUT2D eigenvalue weighted by atomic mass is 31.2. The third-order valence-corrected chi connectivity index (χ3v) is 9.02. The molecule has 0 saturated carbocycles. The summed E-state index contributed by atoms with van der Waals surface area (Å²) < 4.78 is 46.8. The average molecular weight is 394 g/mol. The lowest BCUT2D eigenvalue weighted by molar-refractivity contribution is 0.170. The van der Waals surface area contributed by atoms with Crippen LogP contribution in [0.1, 0.15) is 26.3 Å². The van der Waals surface area contributed by atoms with Crippen LogP contribution in [0.2, 0.25) is 0 Å². The standard InChI is InChI=1S/C16H28O7P2/c1-7-21-25(22-8-2,23-9-3)16(24(17,19-5)20-6)14-10-12-15(18-4)13-11-14/h10-13H,7-9H2,1-6H3. The minimum absolute atomic E-state index is 0.262. The Morgan fingerprint density at radius 1 is 0.840 bits per heavy atom. The zero-order chi connectivity index (χ0) is 18.9. The van der Waals surface area contributed by atoms with Crippen molar-refractivity contribution in [1.82, 2.24) is 0 Å². The maximum absolute atomic E-state index is 13.4. The molecule has 0 aliphatic heterocycles. The molecule has 1 aromatic rings. The molecule has 1 rings (SSSR count). The van der Waals surface area contributed by atoms with Crippen LogP contribution in [0.4, 0.5) is 0 Å². The second-order valence-electron chi connectivity index (χ2n) is 4.67. The van der Waals surface area contributed by atoms with E-state index in [0.717, 1.165) is 0 Å². The van der Waals surface area contributed by atoms with E-state index in [-0.39, 0.29) is 5.03 Å². The van der Waals surface area contributed by atoms with Crippen molar-refractivity contribution in [3.05, 3.63) is 29.8 Å². The molecule has 144 valence electrons. The van der Waals surface area contributed by atoms with Gasteiger partial charge in [-0.1, -0.05) is 12.1 Å². The van der Waals surface area contributed by atoms with E-state index in [1.165, 1.54) is 14.2 Å². The van der Waals surface area contributed by atoms with E-state index in [4.69, 9.17) is 27.4 Å². The third-order valence-electron chi connectivity index (χ3n) is 3.24. The van der Waals surface area contributed by atoms with Crippen molar-refractivity contribution in [1.29, 1.82) is 0 Å². The largest absolute Gasteiger partial charge is 0.497 e. The Morgan fingerprint density at radius 2 is 1.28 bits per heavy atom. The summed E-state index contributed by atoms with van der Waals surface area (Å²) in [4.78, 5) is 0. The molecule has 0 N–H and O–H groups in total. The summed E-state index contributed by atoms with van der Waals surface area (Å²) in [5.41, 5.74) is 0.594. The molecule has 0 saturated heterocycles. The van der Waals surface area contributed by atoms with Crippen LogP contribution >= 0.6 is 15.2 Å². The third kappa shape index (κ3) is 5.18. The van der Waals surface area contributed by atoms with Crippen LogP contribution in [0.5, 0.6) is 5.75 Å². The molecule has 1 aromatic carbocycles. The molecule has 9 heteroatoms. The first kappa shape index (κ1) is 22.4. The SMILES string of the molecule is CCOP(OCC)(OCC)=C(c1ccc(OC)cc1)P(=O)(OC)OC. The Bertz CT molecular complexity index is 596. The summed E-state index contributed by atoms with van der Waals surface area (Å²) in [6.45, 7) is 6.43. The molecule has 0 amide bonds. The second-order valence-corrected chi connectivity index (χ2v) is 9.41. The van der Waals surface area contributed by atoms with Crippen molar-refractivity contribution in [2.24, 2.45) is 0 Å². The zero-order valence-electron chi connectivity index (χ0n) is 15.7. The van der Waals surface area contributed by atoms with E-state index >= 15 is 0 Å². The smallest absolute Gasteiger partial charge is 0.368 e. The Morgan fingerprint density at radius 3 is 1.60 bits per heavy atom. The molecule has 0 aliphatic rings. The molecule has 0 bridgehead atoms. The maximum Gasteiger partial charge on any atom is 0.368 e. The lowest BCUT2D eigenvalue weighted by atomic mass is 10.2. The molecule has 25 heavy (non-hydrogen) atoms. The predicted molar refractivity (Wildman–Crippen MR) is 101 cm³/mol. The fourth-order valence-corrected chi connectivity index (χ4v) is 7.50. The average Bonchev–Trinajstić information content (AvgIpc) is 2.63. The molecule has 0 radical (unpaired) electrons. The first-order valence-electron chi connectivity index (χ1n) is 8.03. The van der Waals surface area contributed by atoms with Crippen LogP contribution in [0.25, 0.3) is 0 Å². The van der Waals surface area contributed by atoms with E-state index < -0.39 is 15.2 Å². The summed E-state index contributed by atoms with van der Waals surface area (Å²) >= 11 is 0. The van der Waals surface area contributed by atoms with Gasteiger partial charge >= 0.3 is 7.60 Å². The van der Waals surface area contributed by atoms with Gasteiger partial charge in [0.2, 0.25) is 0 Å². The fourth-order valence-electron chi connectivity index (χ4n) is 2.26. The predicted octanol–water partition coefficient (Wildman–Crippen LogP) is 4.53. The summed E-state index contributed by atoms with van der Waals surface area (Å²) in [7, 11) is -2.61. The van der Waals surface area contributed by atoms with E-state index in [0.29, 0.717) is 31.1 Å². The molecular weight excluding hydrogens is 366 g/mol. The van der Waals surface area contributed by atoms with Crippen molar-refractivity contribution in [3.8, 4) is 5.75 Å². The summed E-state index contributed by atoms with van der Waals surface area (Å²) in [6.07, 6.45) is 0. The molecule has 0 aliphatic carbocycles. The van der Waals surface area contributed by atoms with Crippen LogP contribution in [0.15, 0.2) is 24.3 Å². The number of methoxy groups -OCH3 is 1. The minimum Gasteiger partial charge on any atom is -0.497 e. The van der Waals surface area contributed by atoms with Crippen LogP contribution in [0, 0.1) is 0 Å². The number of hydrogen-bond donors (Lipinski definition) is 0. The Balaban J connectivity index is 3.83. The van der Waals surface area contributed by atoms with Gasteiger partial charge in [-0.3, -0.25) is 4.57 Å². The lowest BCUT2D eigenvalue weighted by Gasteiger charge is -2.30. The van der Waals surface area contributed by atoms with Crippen LogP contribution in [-0.2, 0) is 27.2 Å².